The number of hydrogen-bond acceptors (Lipinski definition) is 8. The molecule has 1 aromatic heterocycles. The topological polar surface area (TPSA) is 147 Å². The average molecular weight is 394 g/mol. The van der Waals surface area contributed by atoms with E-state index in [2.05, 4.69) is 15.7 Å². The molecule has 152 valence electrons. The van der Waals surface area contributed by atoms with Gasteiger partial charge in [0.15, 0.2) is 0 Å². The van der Waals surface area contributed by atoms with Crippen LogP contribution in [0.4, 0.5) is 21.1 Å². The number of nitrogens with one attached hydrogen (secondary N) is 2. The van der Waals surface area contributed by atoms with E-state index in [1.54, 1.807) is 20.8 Å². The summed E-state index contributed by atoms with van der Waals surface area (Å²) in [5.41, 5.74) is 1.27. The summed E-state index contributed by atoms with van der Waals surface area (Å²) in [5, 5.41) is 14.2. The van der Waals surface area contributed by atoms with Crippen molar-refractivity contribution in [2.75, 3.05) is 25.0 Å². The Morgan fingerprint density at radius 1 is 1.36 bits per heavy atom. The van der Waals surface area contributed by atoms with Gasteiger partial charge in [-0.15, -0.1) is 0 Å². The van der Waals surface area contributed by atoms with Crippen LogP contribution in [0.5, 0.6) is 0 Å². The number of aromatic nitrogens is 1. The number of rotatable bonds is 6. The molecule has 0 bridgehead atoms. The van der Waals surface area contributed by atoms with Crippen molar-refractivity contribution in [2.24, 2.45) is 0 Å². The summed E-state index contributed by atoms with van der Waals surface area (Å²) in [4.78, 5) is 51.6. The summed E-state index contributed by atoms with van der Waals surface area (Å²) in [5.74, 6) is -0.119. The highest BCUT2D eigenvalue weighted by Crippen LogP contribution is 2.13. The second-order valence-corrected chi connectivity index (χ2v) is 6.95. The highest BCUT2D eigenvalue weighted by molar-refractivity contribution is 5.98. The number of hydrogen-bond donors (Lipinski definition) is 2. The molecule has 4 amide bonds. The van der Waals surface area contributed by atoms with Gasteiger partial charge < -0.3 is 15.0 Å². The monoisotopic (exact) mass is 394 g/mol. The van der Waals surface area contributed by atoms with Crippen LogP contribution in [0.1, 0.15) is 27.2 Å². The lowest BCUT2D eigenvalue weighted by atomic mass is 10.2. The molecule has 2 heterocycles. The summed E-state index contributed by atoms with van der Waals surface area (Å²) in [6.45, 7) is 5.73. The summed E-state index contributed by atoms with van der Waals surface area (Å²) >= 11 is 0. The van der Waals surface area contributed by atoms with Gasteiger partial charge >= 0.3 is 12.1 Å². The molecule has 0 radical (unpaired) electrons. The maximum Gasteiger partial charge on any atom is 0.427 e. The zero-order chi connectivity index (χ0) is 20.9. The SMILES string of the molecule is CC(C)(C)OC(=O)NN1C(=O)CCN(CCNc2ccc([N+](=O)[O-])cn2)C1=O. The first-order valence-electron chi connectivity index (χ1n) is 8.52. The first-order valence-corrected chi connectivity index (χ1v) is 8.52. The summed E-state index contributed by atoms with van der Waals surface area (Å²) in [6, 6.07) is 2.10. The summed E-state index contributed by atoms with van der Waals surface area (Å²) in [7, 11) is 0. The number of imide groups is 1. The van der Waals surface area contributed by atoms with Crippen LogP contribution in [0.2, 0.25) is 0 Å². The number of nitrogens with zero attached hydrogens (tertiary/aromatic N) is 4. The Hall–Kier alpha value is -3.44. The maximum atomic E-state index is 12.4. The molecule has 2 N–H and O–H groups in total. The van der Waals surface area contributed by atoms with E-state index in [9.17, 15) is 24.5 Å². The average Bonchev–Trinajstić information content (AvgIpc) is 2.59. The van der Waals surface area contributed by atoms with Crippen LogP contribution in [0.3, 0.4) is 0 Å². The third kappa shape index (κ3) is 5.79. The van der Waals surface area contributed by atoms with Gasteiger partial charge in [0.2, 0.25) is 0 Å². The predicted octanol–water partition coefficient (Wildman–Crippen LogP) is 1.50. The van der Waals surface area contributed by atoms with Crippen molar-refractivity contribution < 1.29 is 24.0 Å². The zero-order valence-corrected chi connectivity index (χ0v) is 15.8. The lowest BCUT2D eigenvalue weighted by molar-refractivity contribution is -0.385. The number of carbonyl (C=O) groups is 3. The van der Waals surface area contributed by atoms with Crippen molar-refractivity contribution >= 4 is 29.5 Å². The molecule has 0 aliphatic carbocycles. The Bertz CT molecular complexity index is 760. The van der Waals surface area contributed by atoms with Crippen molar-refractivity contribution in [3.8, 4) is 0 Å². The van der Waals surface area contributed by atoms with Crippen molar-refractivity contribution in [3.05, 3.63) is 28.4 Å². The third-order valence-corrected chi connectivity index (χ3v) is 3.56. The maximum absolute atomic E-state index is 12.4. The molecule has 2 rings (SSSR count). The van der Waals surface area contributed by atoms with Gasteiger partial charge in [-0.25, -0.2) is 20.0 Å². The number of nitro groups is 1. The molecule has 28 heavy (non-hydrogen) atoms. The second kappa shape index (κ2) is 8.50. The van der Waals surface area contributed by atoms with E-state index >= 15 is 0 Å². The lowest BCUT2D eigenvalue weighted by Gasteiger charge is -2.34. The van der Waals surface area contributed by atoms with Gasteiger partial charge in [0.05, 0.1) is 4.92 Å². The molecule has 1 aliphatic heterocycles. The van der Waals surface area contributed by atoms with Gasteiger partial charge in [0.25, 0.3) is 11.6 Å². The third-order valence-electron chi connectivity index (χ3n) is 3.56. The molecule has 0 atom stereocenters. The highest BCUT2D eigenvalue weighted by atomic mass is 16.6. The predicted molar refractivity (Wildman–Crippen MR) is 97.2 cm³/mol. The van der Waals surface area contributed by atoms with E-state index in [1.165, 1.54) is 17.0 Å². The quantitative estimate of drug-likeness (QED) is 0.545. The lowest BCUT2D eigenvalue weighted by Crippen LogP contribution is -2.60. The fraction of sp³-hybridized carbons (Fsp3) is 0.500. The molecule has 12 nitrogen and oxygen atoms in total. The van der Waals surface area contributed by atoms with E-state index in [1.807, 2.05) is 0 Å². The van der Waals surface area contributed by atoms with E-state index < -0.39 is 28.6 Å². The molecule has 0 saturated carbocycles. The summed E-state index contributed by atoms with van der Waals surface area (Å²) in [6.07, 6.45) is 0.279. The molecule has 0 unspecified atom stereocenters. The number of hydrazine groups is 1. The number of carbonyl (C=O) groups excluding carboxylic acids is 3. The minimum absolute atomic E-state index is 0.0529. The Balaban J connectivity index is 1.88. The van der Waals surface area contributed by atoms with Crippen molar-refractivity contribution in [1.29, 1.82) is 0 Å². The van der Waals surface area contributed by atoms with E-state index in [0.29, 0.717) is 17.4 Å². The molecule has 12 heteroatoms. The Labute approximate surface area is 161 Å². The first-order chi connectivity index (χ1) is 13.1. The van der Waals surface area contributed by atoms with Crippen LogP contribution in [-0.2, 0) is 9.53 Å². The van der Waals surface area contributed by atoms with Crippen molar-refractivity contribution in [1.82, 2.24) is 20.3 Å². The molecule has 0 spiro atoms. The van der Waals surface area contributed by atoms with Gasteiger partial charge in [0, 0.05) is 32.1 Å². The highest BCUT2D eigenvalue weighted by Gasteiger charge is 2.34. The van der Waals surface area contributed by atoms with Crippen molar-refractivity contribution in [3.63, 3.8) is 0 Å². The minimum atomic E-state index is -0.899. The number of urea groups is 1. The number of amides is 4. The van der Waals surface area contributed by atoms with Crippen LogP contribution in [0.15, 0.2) is 18.3 Å². The fourth-order valence-corrected chi connectivity index (χ4v) is 2.31. The smallest absolute Gasteiger partial charge is 0.427 e. The minimum Gasteiger partial charge on any atom is -0.443 e. The first kappa shape index (κ1) is 20.9. The van der Waals surface area contributed by atoms with Crippen LogP contribution in [0.25, 0.3) is 0 Å². The van der Waals surface area contributed by atoms with Gasteiger partial charge in [-0.2, -0.15) is 5.01 Å². The van der Waals surface area contributed by atoms with Crippen molar-refractivity contribution in [2.45, 2.75) is 32.8 Å². The standard InChI is InChI=1S/C16H22N6O6/c1-16(2,3)28-14(24)19-21-13(23)6-8-20(15(21)25)9-7-17-12-5-4-11(10-18-12)22(26)27/h4-5,10H,6-9H2,1-3H3,(H,17,18)(H,19,24). The second-order valence-electron chi connectivity index (χ2n) is 6.95. The van der Waals surface area contributed by atoms with Crippen LogP contribution >= 0.6 is 0 Å². The zero-order valence-electron chi connectivity index (χ0n) is 15.8. The van der Waals surface area contributed by atoms with Crippen LogP contribution in [-0.4, -0.2) is 63.1 Å². The molecule has 1 aromatic rings. The molecular formula is C16H22N6O6. The number of ether oxygens (including phenoxy) is 1. The molecule has 1 fully saturated rings. The van der Waals surface area contributed by atoms with Gasteiger partial charge in [-0.05, 0) is 26.8 Å². The van der Waals surface area contributed by atoms with Crippen LogP contribution < -0.4 is 10.7 Å². The molecule has 0 aromatic carbocycles. The fourth-order valence-electron chi connectivity index (χ4n) is 2.31. The molecule has 1 saturated heterocycles. The molecular weight excluding hydrogens is 372 g/mol. The number of anilines is 1. The van der Waals surface area contributed by atoms with E-state index in [4.69, 9.17) is 4.74 Å². The number of pyridine rings is 1. The van der Waals surface area contributed by atoms with E-state index in [-0.39, 0.29) is 25.2 Å². The Morgan fingerprint density at radius 2 is 2.07 bits per heavy atom. The Kier molecular flexibility index (Phi) is 6.33. The Morgan fingerprint density at radius 3 is 2.64 bits per heavy atom. The normalized spacial score (nSPS) is 14.7. The van der Waals surface area contributed by atoms with Crippen LogP contribution in [0, 0.1) is 10.1 Å². The van der Waals surface area contributed by atoms with Gasteiger partial charge in [-0.1, -0.05) is 0 Å². The van der Waals surface area contributed by atoms with Gasteiger partial charge in [0.1, 0.15) is 17.6 Å². The summed E-state index contributed by atoms with van der Waals surface area (Å²) < 4.78 is 5.05. The van der Waals surface area contributed by atoms with E-state index in [0.717, 1.165) is 6.20 Å². The largest absolute Gasteiger partial charge is 0.443 e. The molecule has 1 aliphatic rings. The van der Waals surface area contributed by atoms with Gasteiger partial charge in [-0.3, -0.25) is 14.9 Å².